The van der Waals surface area contributed by atoms with Gasteiger partial charge < -0.3 is 14.9 Å². The van der Waals surface area contributed by atoms with Gasteiger partial charge in [0.2, 0.25) is 0 Å². The van der Waals surface area contributed by atoms with E-state index < -0.39 is 11.2 Å². The van der Waals surface area contributed by atoms with Gasteiger partial charge >= 0.3 is 0 Å². The first-order valence-electron chi connectivity index (χ1n) is 9.61. The van der Waals surface area contributed by atoms with Crippen LogP contribution in [0.3, 0.4) is 0 Å². The maximum absolute atomic E-state index is 13.0. The second kappa shape index (κ2) is 4.63. The first kappa shape index (κ1) is 17.0. The van der Waals surface area contributed by atoms with Crippen LogP contribution >= 0.6 is 0 Å². The average molecular weight is 336 g/mol. The van der Waals surface area contributed by atoms with Crippen LogP contribution in [0.5, 0.6) is 0 Å². The largest absolute Gasteiger partial charge is 0.389 e. The van der Waals surface area contributed by atoms with Crippen molar-refractivity contribution in [2.24, 2.45) is 29.1 Å². The predicted molar refractivity (Wildman–Crippen MR) is 90.4 cm³/mol. The van der Waals surface area contributed by atoms with E-state index in [1.165, 1.54) is 0 Å². The molecule has 0 bridgehead atoms. The van der Waals surface area contributed by atoms with Crippen LogP contribution in [0, 0.1) is 29.1 Å². The van der Waals surface area contributed by atoms with Crippen molar-refractivity contribution < 1.29 is 19.7 Å². The van der Waals surface area contributed by atoms with Gasteiger partial charge in [0.05, 0.1) is 22.9 Å². The van der Waals surface area contributed by atoms with E-state index in [1.54, 1.807) is 6.92 Å². The fourth-order valence-electron chi connectivity index (χ4n) is 7.03. The normalized spacial score (nSPS) is 59.6. The number of fused-ring (bicyclic) bond motifs is 2. The SMILES string of the molecule is CC(C)[C@]12CC[C@]3(C)[C@@H]4CC[C@](C)(O)[C@H]4C(=O)C[C@@](C)(O)[C@@H](O1)[C@@H]32. The minimum absolute atomic E-state index is 0.0183. The van der Waals surface area contributed by atoms with E-state index in [9.17, 15) is 15.0 Å². The highest BCUT2D eigenvalue weighted by Gasteiger charge is 2.75. The van der Waals surface area contributed by atoms with Gasteiger partial charge in [-0.05, 0) is 56.8 Å². The quantitative estimate of drug-likeness (QED) is 0.773. The molecule has 2 N–H and O–H groups in total. The highest BCUT2D eigenvalue weighted by Crippen LogP contribution is 2.70. The third-order valence-electron chi connectivity index (χ3n) is 8.29. The van der Waals surface area contributed by atoms with Gasteiger partial charge in [0, 0.05) is 18.3 Å². The number of hydrogen-bond donors (Lipinski definition) is 2. The summed E-state index contributed by atoms with van der Waals surface area (Å²) >= 11 is 0. The standard InChI is InChI=1S/C20H32O4/c1-11(2)20-9-8-17(3)12-6-7-18(4,22)14(12)13(21)10-19(5,23)16(24-20)15(17)20/h11-12,14-16,22-23H,6-10H2,1-5H3/t12-,14-,15+,16+,17-,18+,19-,20+/m1/s1. The number of carbonyl (C=O) groups is 1. The molecule has 4 aliphatic rings. The molecule has 24 heavy (non-hydrogen) atoms. The molecule has 1 aliphatic heterocycles. The third-order valence-corrected chi connectivity index (χ3v) is 8.29. The summed E-state index contributed by atoms with van der Waals surface area (Å²) in [6.07, 6.45) is 3.43. The molecule has 0 amide bonds. The minimum Gasteiger partial charge on any atom is -0.389 e. The van der Waals surface area contributed by atoms with Crippen LogP contribution in [0.2, 0.25) is 0 Å². The average Bonchev–Trinajstić information content (AvgIpc) is 2.81. The van der Waals surface area contributed by atoms with Crippen molar-refractivity contribution in [3.63, 3.8) is 0 Å². The van der Waals surface area contributed by atoms with E-state index in [4.69, 9.17) is 4.74 Å². The lowest BCUT2D eigenvalue weighted by atomic mass is 9.53. The Hall–Kier alpha value is -0.450. The lowest BCUT2D eigenvalue weighted by Gasteiger charge is -2.64. The summed E-state index contributed by atoms with van der Waals surface area (Å²) in [6, 6.07) is 0. The molecule has 8 atom stereocenters. The lowest BCUT2D eigenvalue weighted by molar-refractivity contribution is -0.337. The van der Waals surface area contributed by atoms with Gasteiger partial charge in [0.1, 0.15) is 5.78 Å². The Bertz CT molecular complexity index is 580. The van der Waals surface area contributed by atoms with Crippen LogP contribution in [0.25, 0.3) is 0 Å². The van der Waals surface area contributed by atoms with Crippen molar-refractivity contribution in [2.45, 2.75) is 89.6 Å². The molecule has 1 heterocycles. The number of ether oxygens (including phenoxy) is 1. The summed E-state index contributed by atoms with van der Waals surface area (Å²) in [5.74, 6) is 0.540. The Morgan fingerprint density at radius 2 is 1.75 bits per heavy atom. The molecule has 0 radical (unpaired) electrons. The zero-order chi connectivity index (χ0) is 17.7. The molecule has 3 aliphatic carbocycles. The van der Waals surface area contributed by atoms with E-state index in [0.29, 0.717) is 12.3 Å². The number of carbonyl (C=O) groups excluding carboxylic acids is 1. The van der Waals surface area contributed by atoms with Gasteiger partial charge in [0.25, 0.3) is 0 Å². The van der Waals surface area contributed by atoms with Crippen LogP contribution in [0.15, 0.2) is 0 Å². The number of Topliss-reactive ketones (excluding diaryl/α,β-unsaturated/α-hetero) is 1. The second-order valence-corrected chi connectivity index (χ2v) is 10.1. The second-order valence-electron chi connectivity index (χ2n) is 10.1. The Morgan fingerprint density at radius 1 is 1.08 bits per heavy atom. The van der Waals surface area contributed by atoms with Crippen molar-refractivity contribution in [3.8, 4) is 0 Å². The molecular weight excluding hydrogens is 304 g/mol. The summed E-state index contributed by atoms with van der Waals surface area (Å²) in [5.41, 5.74) is -2.29. The van der Waals surface area contributed by atoms with E-state index >= 15 is 0 Å². The van der Waals surface area contributed by atoms with Crippen LogP contribution in [0.4, 0.5) is 0 Å². The highest BCUT2D eigenvalue weighted by atomic mass is 16.6. The van der Waals surface area contributed by atoms with Gasteiger partial charge in [-0.1, -0.05) is 20.8 Å². The Labute approximate surface area is 145 Å². The Morgan fingerprint density at radius 3 is 2.38 bits per heavy atom. The molecule has 0 spiro atoms. The molecule has 1 saturated heterocycles. The molecule has 0 aromatic heterocycles. The predicted octanol–water partition coefficient (Wildman–Crippen LogP) is 2.70. The van der Waals surface area contributed by atoms with Crippen LogP contribution in [-0.4, -0.2) is 38.9 Å². The summed E-state index contributed by atoms with van der Waals surface area (Å²) < 4.78 is 6.38. The maximum atomic E-state index is 13.0. The monoisotopic (exact) mass is 336 g/mol. The molecule has 3 saturated carbocycles. The van der Waals surface area contributed by atoms with E-state index in [1.807, 2.05) is 6.92 Å². The third kappa shape index (κ3) is 1.83. The molecule has 4 rings (SSSR count). The zero-order valence-electron chi connectivity index (χ0n) is 15.6. The van der Waals surface area contributed by atoms with Gasteiger partial charge in [-0.15, -0.1) is 0 Å². The number of rotatable bonds is 1. The summed E-state index contributed by atoms with van der Waals surface area (Å²) in [7, 11) is 0. The van der Waals surface area contributed by atoms with Crippen molar-refractivity contribution >= 4 is 5.78 Å². The minimum atomic E-state index is -1.14. The van der Waals surface area contributed by atoms with Crippen molar-refractivity contribution in [1.82, 2.24) is 0 Å². The number of ketones is 1. The topological polar surface area (TPSA) is 66.8 Å². The number of aliphatic hydroxyl groups is 2. The fraction of sp³-hybridized carbons (Fsp3) is 0.950. The van der Waals surface area contributed by atoms with Gasteiger partial charge in [0.15, 0.2) is 0 Å². The van der Waals surface area contributed by atoms with E-state index in [0.717, 1.165) is 19.3 Å². The van der Waals surface area contributed by atoms with Gasteiger partial charge in [-0.2, -0.15) is 0 Å². The van der Waals surface area contributed by atoms with E-state index in [2.05, 4.69) is 20.8 Å². The zero-order valence-corrected chi connectivity index (χ0v) is 15.6. The van der Waals surface area contributed by atoms with Crippen LogP contribution in [0.1, 0.15) is 66.7 Å². The molecule has 136 valence electrons. The molecular formula is C20H32O4. The van der Waals surface area contributed by atoms with Crippen molar-refractivity contribution in [3.05, 3.63) is 0 Å². The number of hydrogen-bond acceptors (Lipinski definition) is 4. The molecule has 0 unspecified atom stereocenters. The molecule has 0 aromatic rings. The Kier molecular flexibility index (Phi) is 3.28. The molecule has 0 aromatic carbocycles. The summed E-state index contributed by atoms with van der Waals surface area (Å²) in [5, 5.41) is 22.0. The molecule has 4 heteroatoms. The molecule has 4 nitrogen and oxygen atoms in total. The first-order chi connectivity index (χ1) is 11.0. The highest BCUT2D eigenvalue weighted by molar-refractivity contribution is 5.84. The van der Waals surface area contributed by atoms with Crippen LogP contribution < -0.4 is 0 Å². The van der Waals surface area contributed by atoms with Crippen LogP contribution in [-0.2, 0) is 9.53 Å². The van der Waals surface area contributed by atoms with Gasteiger partial charge in [-0.25, -0.2) is 0 Å². The summed E-state index contributed by atoms with van der Waals surface area (Å²) in [4.78, 5) is 13.0. The lowest BCUT2D eigenvalue weighted by Crippen LogP contribution is -2.72. The molecule has 4 fully saturated rings. The maximum Gasteiger partial charge on any atom is 0.142 e. The van der Waals surface area contributed by atoms with E-state index in [-0.39, 0.29) is 47.1 Å². The smallest absolute Gasteiger partial charge is 0.142 e. The van der Waals surface area contributed by atoms with Crippen molar-refractivity contribution in [1.29, 1.82) is 0 Å². The fourth-order valence-corrected chi connectivity index (χ4v) is 7.03. The van der Waals surface area contributed by atoms with Gasteiger partial charge in [-0.3, -0.25) is 4.79 Å². The summed E-state index contributed by atoms with van der Waals surface area (Å²) in [6.45, 7) is 10.3. The first-order valence-corrected chi connectivity index (χ1v) is 9.61. The van der Waals surface area contributed by atoms with Crippen molar-refractivity contribution in [2.75, 3.05) is 0 Å². The Balaban J connectivity index is 1.84.